The van der Waals surface area contributed by atoms with Crippen LogP contribution in [0, 0.1) is 14.9 Å². The zero-order valence-corrected chi connectivity index (χ0v) is 14.5. The van der Waals surface area contributed by atoms with E-state index < -0.39 is 0 Å². The molecule has 1 saturated heterocycles. The molecule has 1 aliphatic rings. The second-order valence-corrected chi connectivity index (χ2v) is 6.09. The van der Waals surface area contributed by atoms with Crippen LogP contribution in [0.25, 0.3) is 0 Å². The van der Waals surface area contributed by atoms with Gasteiger partial charge in [-0.1, -0.05) is 11.8 Å². The van der Waals surface area contributed by atoms with Gasteiger partial charge in [0.2, 0.25) is 5.91 Å². The van der Waals surface area contributed by atoms with E-state index in [4.69, 9.17) is 14.7 Å². The van der Waals surface area contributed by atoms with Gasteiger partial charge in [-0.05, 0) is 40.3 Å². The normalized spacial score (nSPS) is 15.9. The first-order valence-electron chi connectivity index (χ1n) is 6.05. The molecule has 2 rings (SSSR count). The zero-order chi connectivity index (χ0) is 15.9. The van der Waals surface area contributed by atoms with E-state index >= 15 is 0 Å². The zero-order valence-electron chi connectivity index (χ0n) is 11.5. The first-order chi connectivity index (χ1) is 10.6. The second kappa shape index (κ2) is 8.00. The number of rotatable bonds is 5. The van der Waals surface area contributed by atoms with Crippen LogP contribution in [0.4, 0.5) is 0 Å². The minimum atomic E-state index is -0.0748. The molecule has 1 heterocycles. The van der Waals surface area contributed by atoms with Crippen LogP contribution in [0.1, 0.15) is 5.56 Å². The van der Waals surface area contributed by atoms with Crippen molar-refractivity contribution in [2.24, 2.45) is 10.2 Å². The number of carbonyl (C=O) groups excluding carboxylic acids is 1. The summed E-state index contributed by atoms with van der Waals surface area (Å²) >= 11 is 3.40. The van der Waals surface area contributed by atoms with E-state index in [0.717, 1.165) is 9.13 Å². The Hall–Kier alpha value is -1.80. The number of methoxy groups -OCH3 is 1. The summed E-state index contributed by atoms with van der Waals surface area (Å²) in [6.07, 6.45) is 1.55. The number of nitrogens with one attached hydrogen (secondary N) is 1. The molecule has 0 saturated carbocycles. The lowest BCUT2D eigenvalue weighted by Gasteiger charge is -2.11. The summed E-state index contributed by atoms with van der Waals surface area (Å²) in [5.41, 5.74) is 0.768. The Bertz CT molecular complexity index is 685. The van der Waals surface area contributed by atoms with E-state index in [-0.39, 0.29) is 12.5 Å². The quantitative estimate of drug-likeness (QED) is 0.436. The lowest BCUT2D eigenvalue weighted by molar-refractivity contribution is -0.116. The fraction of sp³-hybridized carbons (Fsp3) is 0.231. The molecular formula is C13H11IN4O3S. The molecule has 114 valence electrons. The molecule has 9 heteroatoms. The smallest absolute Gasteiger partial charge is 0.236 e. The number of halogens is 1. The summed E-state index contributed by atoms with van der Waals surface area (Å²) < 4.78 is 11.4. The SMILES string of the molecule is COc1cc(C=NN=C2NC(=O)CS2)cc(I)c1OCC#N. The monoisotopic (exact) mass is 430 g/mol. The highest BCUT2D eigenvalue weighted by Crippen LogP contribution is 2.33. The van der Waals surface area contributed by atoms with Crippen molar-refractivity contribution in [3.05, 3.63) is 21.3 Å². The predicted molar refractivity (Wildman–Crippen MR) is 92.4 cm³/mol. The molecule has 0 aromatic heterocycles. The van der Waals surface area contributed by atoms with Crippen molar-refractivity contribution in [1.82, 2.24) is 5.32 Å². The fourth-order valence-corrected chi connectivity index (χ4v) is 3.00. The predicted octanol–water partition coefficient (Wildman–Crippen LogP) is 1.76. The fourth-order valence-electron chi connectivity index (χ4n) is 1.59. The maximum atomic E-state index is 11.0. The third-order valence-corrected chi connectivity index (χ3v) is 4.14. The molecule has 1 amide bonds. The summed E-state index contributed by atoms with van der Waals surface area (Å²) in [6.45, 7) is -0.0512. The van der Waals surface area contributed by atoms with Crippen LogP contribution in [-0.4, -0.2) is 36.8 Å². The summed E-state index contributed by atoms with van der Waals surface area (Å²) in [5.74, 6) is 1.33. The van der Waals surface area contributed by atoms with Gasteiger partial charge >= 0.3 is 0 Å². The summed E-state index contributed by atoms with van der Waals surface area (Å²) in [5, 5.41) is 19.5. The average Bonchev–Trinajstić information content (AvgIpc) is 2.91. The molecule has 7 nitrogen and oxygen atoms in total. The second-order valence-electron chi connectivity index (χ2n) is 3.97. The maximum Gasteiger partial charge on any atom is 0.236 e. The van der Waals surface area contributed by atoms with Crippen LogP contribution in [0.15, 0.2) is 22.3 Å². The third-order valence-electron chi connectivity index (χ3n) is 2.47. The van der Waals surface area contributed by atoms with E-state index in [1.807, 2.05) is 12.1 Å². The van der Waals surface area contributed by atoms with E-state index in [0.29, 0.717) is 22.4 Å². The molecule has 0 radical (unpaired) electrons. The molecule has 0 spiro atoms. The van der Waals surface area contributed by atoms with Gasteiger partial charge in [0.05, 0.1) is 22.6 Å². The Morgan fingerprint density at radius 3 is 3.05 bits per heavy atom. The molecule has 0 aliphatic carbocycles. The number of nitrogens with zero attached hydrogens (tertiary/aromatic N) is 3. The molecule has 1 aromatic carbocycles. The van der Waals surface area contributed by atoms with Gasteiger partial charge in [0.1, 0.15) is 6.07 Å². The number of hydrogen-bond donors (Lipinski definition) is 1. The minimum Gasteiger partial charge on any atom is -0.493 e. The maximum absolute atomic E-state index is 11.0. The number of benzene rings is 1. The van der Waals surface area contributed by atoms with Crippen molar-refractivity contribution in [1.29, 1.82) is 5.26 Å². The van der Waals surface area contributed by atoms with Crippen LogP contribution in [0.3, 0.4) is 0 Å². The highest BCUT2D eigenvalue weighted by Gasteiger charge is 2.16. The van der Waals surface area contributed by atoms with Crippen LogP contribution in [-0.2, 0) is 4.79 Å². The molecule has 0 atom stereocenters. The van der Waals surface area contributed by atoms with Crippen molar-refractivity contribution >= 4 is 51.6 Å². The van der Waals surface area contributed by atoms with Crippen molar-refractivity contribution in [2.45, 2.75) is 0 Å². The van der Waals surface area contributed by atoms with Gasteiger partial charge in [-0.25, -0.2) is 0 Å². The van der Waals surface area contributed by atoms with E-state index in [1.54, 1.807) is 12.3 Å². The van der Waals surface area contributed by atoms with Gasteiger partial charge in [-0.15, -0.1) is 5.10 Å². The number of amidine groups is 1. The van der Waals surface area contributed by atoms with E-state index in [2.05, 4.69) is 38.1 Å². The third kappa shape index (κ3) is 4.35. The van der Waals surface area contributed by atoms with Gasteiger partial charge in [-0.3, -0.25) is 4.79 Å². The van der Waals surface area contributed by atoms with E-state index in [1.165, 1.54) is 18.9 Å². The van der Waals surface area contributed by atoms with Crippen molar-refractivity contribution in [3.63, 3.8) is 0 Å². The molecule has 1 N–H and O–H groups in total. The Morgan fingerprint density at radius 2 is 2.41 bits per heavy atom. The largest absolute Gasteiger partial charge is 0.493 e. The molecule has 22 heavy (non-hydrogen) atoms. The minimum absolute atomic E-state index is 0.0512. The number of ether oxygens (including phenoxy) is 2. The van der Waals surface area contributed by atoms with Crippen molar-refractivity contribution in [3.8, 4) is 17.6 Å². The summed E-state index contributed by atoms with van der Waals surface area (Å²) in [4.78, 5) is 11.0. The van der Waals surface area contributed by atoms with Crippen LogP contribution >= 0.6 is 34.4 Å². The van der Waals surface area contributed by atoms with Crippen molar-refractivity contribution in [2.75, 3.05) is 19.5 Å². The molecule has 0 bridgehead atoms. The summed E-state index contributed by atoms with van der Waals surface area (Å²) in [7, 11) is 1.52. The van der Waals surface area contributed by atoms with E-state index in [9.17, 15) is 4.79 Å². The van der Waals surface area contributed by atoms with Crippen LogP contribution in [0.5, 0.6) is 11.5 Å². The van der Waals surface area contributed by atoms with Gasteiger partial charge in [0.15, 0.2) is 23.3 Å². The standard InChI is InChI=1S/C13H11IN4O3S/c1-20-10-5-8(4-9(14)12(10)21-3-2-15)6-16-18-13-17-11(19)7-22-13/h4-6H,3,7H2,1H3,(H,17,18,19). The molecule has 1 aliphatic heterocycles. The lowest BCUT2D eigenvalue weighted by Crippen LogP contribution is -2.19. The molecule has 1 aromatic rings. The van der Waals surface area contributed by atoms with Gasteiger partial charge in [0, 0.05) is 0 Å². The van der Waals surface area contributed by atoms with Gasteiger partial charge in [-0.2, -0.15) is 10.4 Å². The average molecular weight is 430 g/mol. The van der Waals surface area contributed by atoms with Gasteiger partial charge < -0.3 is 14.8 Å². The first-order valence-corrected chi connectivity index (χ1v) is 8.11. The van der Waals surface area contributed by atoms with Gasteiger partial charge in [0.25, 0.3) is 0 Å². The highest BCUT2D eigenvalue weighted by molar-refractivity contribution is 14.1. The molecular weight excluding hydrogens is 419 g/mol. The molecule has 1 fully saturated rings. The number of hydrogen-bond acceptors (Lipinski definition) is 7. The molecule has 0 unspecified atom stereocenters. The first kappa shape index (κ1) is 16.6. The Balaban J connectivity index is 2.16. The number of nitriles is 1. The number of thioether (sulfide) groups is 1. The summed E-state index contributed by atoms with van der Waals surface area (Å²) in [6, 6.07) is 5.48. The van der Waals surface area contributed by atoms with Crippen molar-refractivity contribution < 1.29 is 14.3 Å². The number of carbonyl (C=O) groups is 1. The highest BCUT2D eigenvalue weighted by atomic mass is 127. The number of amides is 1. The Morgan fingerprint density at radius 1 is 1.59 bits per heavy atom. The topological polar surface area (TPSA) is 96.1 Å². The van der Waals surface area contributed by atoms with Crippen LogP contribution < -0.4 is 14.8 Å². The Kier molecular flexibility index (Phi) is 6.02. The van der Waals surface area contributed by atoms with Crippen LogP contribution in [0.2, 0.25) is 0 Å². The Labute approximate surface area is 144 Å². The lowest BCUT2D eigenvalue weighted by atomic mass is 10.2.